The van der Waals surface area contributed by atoms with Gasteiger partial charge in [0.15, 0.2) is 5.78 Å². The lowest BCUT2D eigenvalue weighted by Gasteiger charge is -2.60. The molecule has 2 heterocycles. The van der Waals surface area contributed by atoms with E-state index in [-0.39, 0.29) is 53.7 Å². The zero-order valence-electron chi connectivity index (χ0n) is 21.1. The number of fused-ring (bicyclic) bond motifs is 8. The number of hydrogen-bond donors (Lipinski definition) is 3. The smallest absolute Gasteiger partial charge is 0.336 e. The Morgan fingerprint density at radius 2 is 1.91 bits per heavy atom. The molecule has 0 radical (unpaired) electrons. The van der Waals surface area contributed by atoms with Crippen LogP contribution in [0.3, 0.4) is 0 Å². The van der Waals surface area contributed by atoms with Gasteiger partial charge in [-0.1, -0.05) is 18.6 Å². The van der Waals surface area contributed by atoms with Crippen molar-refractivity contribution in [2.75, 3.05) is 6.61 Å². The van der Waals surface area contributed by atoms with E-state index in [4.69, 9.17) is 9.47 Å². The summed E-state index contributed by atoms with van der Waals surface area (Å²) in [7, 11) is 0. The summed E-state index contributed by atoms with van der Waals surface area (Å²) in [6, 6.07) is 0. The fraction of sp³-hybridized carbons (Fsp3) is 0.786. The summed E-state index contributed by atoms with van der Waals surface area (Å²) in [5.74, 6) is -0.136. The third-order valence-corrected chi connectivity index (χ3v) is 11.6. The molecule has 0 bridgehead atoms. The van der Waals surface area contributed by atoms with Gasteiger partial charge < -0.3 is 24.8 Å². The van der Waals surface area contributed by atoms with Gasteiger partial charge in [0, 0.05) is 6.42 Å². The summed E-state index contributed by atoms with van der Waals surface area (Å²) in [5.41, 5.74) is -2.35. The van der Waals surface area contributed by atoms with E-state index < -0.39 is 28.7 Å². The predicted octanol–water partition coefficient (Wildman–Crippen LogP) is 2.47. The van der Waals surface area contributed by atoms with Gasteiger partial charge in [-0.05, 0) is 88.0 Å². The first kappa shape index (κ1) is 23.8. The van der Waals surface area contributed by atoms with Gasteiger partial charge in [0.2, 0.25) is 0 Å². The highest BCUT2D eigenvalue weighted by Crippen LogP contribution is 2.72. The SMILES string of the molecule is CC1=C(CO)C(=O)O[C@@H]([C@](C)(O)[C@H]2CC[C@H]3[C@@H]4[C@@H]5O[C@@H]5[C@@]5(O)CC=CC(=O)[C@]5(C)[C@H]4CC[C@]23C)C1. The minimum Gasteiger partial charge on any atom is -0.456 e. The second-order valence-corrected chi connectivity index (χ2v) is 12.8. The maximum atomic E-state index is 13.3. The maximum absolute atomic E-state index is 13.3. The van der Waals surface area contributed by atoms with Crippen molar-refractivity contribution in [1.29, 1.82) is 0 Å². The Bertz CT molecular complexity index is 1040. The van der Waals surface area contributed by atoms with Gasteiger partial charge in [-0.25, -0.2) is 4.79 Å². The van der Waals surface area contributed by atoms with Crippen LogP contribution in [0.15, 0.2) is 23.3 Å². The predicted molar refractivity (Wildman–Crippen MR) is 126 cm³/mol. The Labute approximate surface area is 206 Å². The summed E-state index contributed by atoms with van der Waals surface area (Å²) in [5, 5.41) is 33.2. The van der Waals surface area contributed by atoms with Crippen molar-refractivity contribution < 1.29 is 34.4 Å². The van der Waals surface area contributed by atoms with Crippen molar-refractivity contribution >= 4 is 11.8 Å². The van der Waals surface area contributed by atoms with E-state index in [2.05, 4.69) is 6.92 Å². The van der Waals surface area contributed by atoms with Gasteiger partial charge in [-0.2, -0.15) is 0 Å². The lowest BCUT2D eigenvalue weighted by molar-refractivity contribution is -0.195. The molecule has 3 saturated carbocycles. The van der Waals surface area contributed by atoms with Crippen LogP contribution in [0, 0.1) is 34.5 Å². The number of rotatable bonds is 3. The van der Waals surface area contributed by atoms with Crippen LogP contribution in [0.25, 0.3) is 0 Å². The molecule has 6 rings (SSSR count). The molecule has 0 aromatic heterocycles. The van der Waals surface area contributed by atoms with Crippen LogP contribution in [0.4, 0.5) is 0 Å². The van der Waals surface area contributed by atoms with Gasteiger partial charge >= 0.3 is 5.97 Å². The standard InChI is InChI=1S/C28H38O7/c1-14-12-20(34-24(31)15(14)13-29)27(4,32)18-8-7-16-21-17(9-11-25(16,18)2)26(3)19(30)6-5-10-28(26,33)23-22(21)35-23/h5-6,16-18,20-23,29,32-33H,7-13H2,1-4H3/t16-,17-,18-,20+,21-,22-,23-,25-,26-,27+,28-/m0/s1. The Balaban J connectivity index is 1.32. The quantitative estimate of drug-likeness (QED) is 0.414. The summed E-state index contributed by atoms with van der Waals surface area (Å²) in [6.07, 6.45) is 6.67. The Kier molecular flexibility index (Phi) is 4.95. The largest absolute Gasteiger partial charge is 0.456 e. The number of aliphatic hydroxyl groups is 3. The van der Waals surface area contributed by atoms with Crippen LogP contribution in [-0.4, -0.2) is 63.2 Å². The second-order valence-electron chi connectivity index (χ2n) is 12.8. The van der Waals surface area contributed by atoms with Crippen LogP contribution in [0.2, 0.25) is 0 Å². The highest BCUT2D eigenvalue weighted by Gasteiger charge is 2.78. The zero-order chi connectivity index (χ0) is 25.1. The van der Waals surface area contributed by atoms with E-state index in [1.54, 1.807) is 19.1 Å². The molecule has 3 N–H and O–H groups in total. The molecule has 0 unspecified atom stereocenters. The number of carbonyl (C=O) groups excluding carboxylic acids is 2. The van der Waals surface area contributed by atoms with Gasteiger partial charge in [0.05, 0.1) is 23.7 Å². The number of ketones is 1. The van der Waals surface area contributed by atoms with Gasteiger partial charge in [-0.15, -0.1) is 0 Å². The number of carbonyl (C=O) groups is 2. The summed E-state index contributed by atoms with van der Waals surface area (Å²) >= 11 is 0. The topological polar surface area (TPSA) is 117 Å². The highest BCUT2D eigenvalue weighted by molar-refractivity contribution is 5.97. The minimum atomic E-state index is -1.22. The Hall–Kier alpha value is -1.54. The molecule has 2 aliphatic heterocycles. The monoisotopic (exact) mass is 486 g/mol. The number of allylic oxidation sites excluding steroid dienone is 1. The first-order valence-corrected chi connectivity index (χ1v) is 13.2. The molecule has 0 spiro atoms. The molecule has 4 aliphatic carbocycles. The fourth-order valence-electron chi connectivity index (χ4n) is 9.51. The number of aliphatic hydroxyl groups excluding tert-OH is 1. The molecule has 7 nitrogen and oxygen atoms in total. The molecule has 192 valence electrons. The molecular weight excluding hydrogens is 448 g/mol. The van der Waals surface area contributed by atoms with E-state index in [1.807, 2.05) is 13.8 Å². The molecule has 0 amide bonds. The summed E-state index contributed by atoms with van der Waals surface area (Å²) in [6.45, 7) is 7.49. The number of cyclic esters (lactones) is 1. The average molecular weight is 487 g/mol. The number of esters is 1. The molecule has 11 atom stereocenters. The Morgan fingerprint density at radius 1 is 1.17 bits per heavy atom. The molecule has 6 aliphatic rings. The van der Waals surface area contributed by atoms with E-state index in [9.17, 15) is 24.9 Å². The van der Waals surface area contributed by atoms with Gasteiger partial charge in [0.1, 0.15) is 23.4 Å². The van der Waals surface area contributed by atoms with Crippen molar-refractivity contribution in [2.24, 2.45) is 34.5 Å². The fourth-order valence-corrected chi connectivity index (χ4v) is 9.51. The van der Waals surface area contributed by atoms with Crippen molar-refractivity contribution in [1.82, 2.24) is 0 Å². The third-order valence-electron chi connectivity index (χ3n) is 11.6. The zero-order valence-corrected chi connectivity index (χ0v) is 21.1. The number of ether oxygens (including phenoxy) is 2. The molecule has 0 aromatic rings. The number of epoxide rings is 1. The maximum Gasteiger partial charge on any atom is 0.336 e. The third kappa shape index (κ3) is 2.81. The van der Waals surface area contributed by atoms with E-state index in [0.717, 1.165) is 31.3 Å². The number of hydrogen-bond acceptors (Lipinski definition) is 7. The van der Waals surface area contributed by atoms with Gasteiger partial charge in [-0.3, -0.25) is 4.79 Å². The highest BCUT2D eigenvalue weighted by atomic mass is 16.6. The first-order chi connectivity index (χ1) is 16.4. The van der Waals surface area contributed by atoms with Crippen molar-refractivity contribution in [3.63, 3.8) is 0 Å². The molecule has 7 heteroatoms. The summed E-state index contributed by atoms with van der Waals surface area (Å²) in [4.78, 5) is 25.8. The van der Waals surface area contributed by atoms with Crippen LogP contribution in [0.5, 0.6) is 0 Å². The van der Waals surface area contributed by atoms with Crippen LogP contribution >= 0.6 is 0 Å². The molecule has 4 fully saturated rings. The lowest BCUT2D eigenvalue weighted by atomic mass is 9.43. The molecule has 1 saturated heterocycles. The van der Waals surface area contributed by atoms with Crippen LogP contribution in [-0.2, 0) is 19.1 Å². The molecule has 35 heavy (non-hydrogen) atoms. The summed E-state index contributed by atoms with van der Waals surface area (Å²) < 4.78 is 11.9. The molecule has 0 aromatic carbocycles. The van der Waals surface area contributed by atoms with Crippen molar-refractivity contribution in [2.45, 2.75) is 95.7 Å². The Morgan fingerprint density at radius 3 is 2.60 bits per heavy atom. The van der Waals surface area contributed by atoms with Crippen molar-refractivity contribution in [3.8, 4) is 0 Å². The van der Waals surface area contributed by atoms with Gasteiger partial charge in [0.25, 0.3) is 0 Å². The van der Waals surface area contributed by atoms with E-state index >= 15 is 0 Å². The molecular formula is C28H38O7. The normalized spacial score (nSPS) is 52.1. The van der Waals surface area contributed by atoms with E-state index in [1.165, 1.54) is 0 Å². The lowest BCUT2D eigenvalue weighted by Crippen LogP contribution is -2.67. The average Bonchev–Trinajstić information content (AvgIpc) is 3.51. The van der Waals surface area contributed by atoms with E-state index in [0.29, 0.717) is 18.4 Å². The first-order valence-electron chi connectivity index (χ1n) is 13.2. The van der Waals surface area contributed by atoms with Crippen LogP contribution in [0.1, 0.15) is 66.2 Å². The van der Waals surface area contributed by atoms with Crippen molar-refractivity contribution in [3.05, 3.63) is 23.3 Å². The van der Waals surface area contributed by atoms with Crippen LogP contribution < -0.4 is 0 Å². The second kappa shape index (κ2) is 7.27. The minimum absolute atomic E-state index is 0.0106.